The zero-order chi connectivity index (χ0) is 11.4. The van der Waals surface area contributed by atoms with Crippen molar-refractivity contribution in [1.29, 1.82) is 0 Å². The van der Waals surface area contributed by atoms with E-state index in [1.54, 1.807) is 18.2 Å². The zero-order valence-corrected chi connectivity index (χ0v) is 9.34. The summed E-state index contributed by atoms with van der Waals surface area (Å²) in [6.45, 7) is -0.208. The third-order valence-corrected chi connectivity index (χ3v) is 2.44. The van der Waals surface area contributed by atoms with Crippen LogP contribution >= 0.6 is 15.9 Å². The van der Waals surface area contributed by atoms with Crippen LogP contribution in [0.1, 0.15) is 0 Å². The second kappa shape index (κ2) is 5.27. The number of nitrogens with one attached hydrogen (secondary N) is 1. The maximum Gasteiger partial charge on any atom is 0.265 e. The molecule has 15 heavy (non-hydrogen) atoms. The van der Waals surface area contributed by atoms with Crippen LogP contribution in [0.3, 0.4) is 0 Å². The molecule has 1 aromatic rings. The van der Waals surface area contributed by atoms with Crippen molar-refractivity contribution in [2.75, 3.05) is 17.6 Å². The summed E-state index contributed by atoms with van der Waals surface area (Å²) in [6.07, 6.45) is -4.42. The van der Waals surface area contributed by atoms with Crippen LogP contribution in [0.25, 0.3) is 0 Å². The predicted molar refractivity (Wildman–Crippen MR) is 59.1 cm³/mol. The first-order valence-electron chi connectivity index (χ1n) is 4.26. The number of nitrogen functional groups attached to an aromatic ring is 1. The molecule has 4 N–H and O–H groups in total. The lowest BCUT2D eigenvalue weighted by molar-refractivity contribution is 0.00384. The van der Waals surface area contributed by atoms with Crippen LogP contribution in [0.4, 0.5) is 20.2 Å². The van der Waals surface area contributed by atoms with Gasteiger partial charge in [-0.15, -0.1) is 0 Å². The van der Waals surface area contributed by atoms with Crippen LogP contribution in [0.2, 0.25) is 0 Å². The Bertz CT molecular complexity index is 336. The topological polar surface area (TPSA) is 58.3 Å². The van der Waals surface area contributed by atoms with E-state index in [4.69, 9.17) is 10.8 Å². The number of hydrogen-bond acceptors (Lipinski definition) is 3. The average molecular weight is 281 g/mol. The minimum absolute atomic E-state index is 0.208. The van der Waals surface area contributed by atoms with Gasteiger partial charge >= 0.3 is 0 Å². The predicted octanol–water partition coefficient (Wildman–Crippen LogP) is 2.07. The van der Waals surface area contributed by atoms with Crippen LogP contribution in [-0.2, 0) is 0 Å². The number of rotatable bonds is 4. The van der Waals surface area contributed by atoms with Crippen LogP contribution in [0.5, 0.6) is 0 Å². The summed E-state index contributed by atoms with van der Waals surface area (Å²) in [6, 6.07) is 4.94. The number of nitrogens with two attached hydrogens (primary N) is 1. The van der Waals surface area contributed by atoms with Crippen molar-refractivity contribution in [1.82, 2.24) is 0 Å². The molecule has 0 aliphatic rings. The maximum atomic E-state index is 12.0. The molecule has 6 heteroatoms. The number of anilines is 2. The quantitative estimate of drug-likeness (QED) is 0.740. The number of aliphatic hydroxyl groups is 1. The average Bonchev–Trinajstić information content (AvgIpc) is 2.15. The molecule has 1 rings (SSSR count). The lowest BCUT2D eigenvalue weighted by atomic mass is 10.2. The van der Waals surface area contributed by atoms with Gasteiger partial charge in [-0.2, -0.15) is 0 Å². The van der Waals surface area contributed by atoms with E-state index in [1.807, 2.05) is 0 Å². The number of benzene rings is 1. The molecule has 3 nitrogen and oxygen atoms in total. The van der Waals surface area contributed by atoms with E-state index in [9.17, 15) is 8.78 Å². The van der Waals surface area contributed by atoms with Crippen molar-refractivity contribution in [2.45, 2.75) is 12.5 Å². The Kier molecular flexibility index (Phi) is 4.28. The largest absolute Gasteiger partial charge is 0.399 e. The Hall–Kier alpha value is -0.880. The molecule has 0 spiro atoms. The molecule has 0 heterocycles. The molecule has 0 saturated carbocycles. The van der Waals surface area contributed by atoms with Gasteiger partial charge in [0, 0.05) is 22.4 Å². The third-order valence-electron chi connectivity index (χ3n) is 1.79. The third kappa shape index (κ3) is 3.64. The van der Waals surface area contributed by atoms with E-state index in [-0.39, 0.29) is 6.54 Å². The van der Waals surface area contributed by atoms with Crippen molar-refractivity contribution in [2.24, 2.45) is 0 Å². The molecule has 0 amide bonds. The summed E-state index contributed by atoms with van der Waals surface area (Å²) < 4.78 is 24.6. The van der Waals surface area contributed by atoms with E-state index in [2.05, 4.69) is 21.2 Å². The summed E-state index contributed by atoms with van der Waals surface area (Å²) in [4.78, 5) is 0. The molecule has 0 aromatic heterocycles. The SMILES string of the molecule is Nc1ccc(NCC(O)C(F)F)c(Br)c1. The van der Waals surface area contributed by atoms with Gasteiger partial charge in [-0.1, -0.05) is 0 Å². The number of hydrogen-bond donors (Lipinski definition) is 3. The van der Waals surface area contributed by atoms with Crippen LogP contribution < -0.4 is 11.1 Å². The Labute approximate surface area is 94.4 Å². The number of alkyl halides is 2. The molecular weight excluding hydrogens is 270 g/mol. The van der Waals surface area contributed by atoms with Gasteiger partial charge in [0.2, 0.25) is 0 Å². The van der Waals surface area contributed by atoms with Gasteiger partial charge in [-0.3, -0.25) is 0 Å². The fraction of sp³-hybridized carbons (Fsp3) is 0.333. The van der Waals surface area contributed by atoms with E-state index in [1.165, 1.54) is 0 Å². The Morgan fingerprint density at radius 3 is 2.67 bits per heavy atom. The van der Waals surface area contributed by atoms with Gasteiger partial charge < -0.3 is 16.2 Å². The highest BCUT2D eigenvalue weighted by atomic mass is 79.9. The minimum Gasteiger partial charge on any atom is -0.399 e. The summed E-state index contributed by atoms with van der Waals surface area (Å²) >= 11 is 3.22. The van der Waals surface area contributed by atoms with E-state index < -0.39 is 12.5 Å². The fourth-order valence-corrected chi connectivity index (χ4v) is 1.52. The molecule has 0 fully saturated rings. The summed E-state index contributed by atoms with van der Waals surface area (Å²) in [5, 5.41) is 11.6. The van der Waals surface area contributed by atoms with Crippen molar-refractivity contribution in [3.8, 4) is 0 Å². The molecule has 0 radical (unpaired) electrons. The molecular formula is C9H11BrF2N2O. The minimum atomic E-state index is -2.75. The molecule has 1 unspecified atom stereocenters. The summed E-state index contributed by atoms with van der Waals surface area (Å²) in [5.74, 6) is 0. The molecule has 0 bridgehead atoms. The lowest BCUT2D eigenvalue weighted by Gasteiger charge is -2.13. The van der Waals surface area contributed by atoms with Crippen LogP contribution in [0.15, 0.2) is 22.7 Å². The smallest absolute Gasteiger partial charge is 0.265 e. The molecule has 84 valence electrons. The van der Waals surface area contributed by atoms with E-state index in [0.29, 0.717) is 15.8 Å². The fourth-order valence-electron chi connectivity index (χ4n) is 0.978. The summed E-state index contributed by atoms with van der Waals surface area (Å²) in [7, 11) is 0. The van der Waals surface area contributed by atoms with Crippen LogP contribution in [-0.4, -0.2) is 24.2 Å². The zero-order valence-electron chi connectivity index (χ0n) is 7.75. The van der Waals surface area contributed by atoms with Gasteiger partial charge in [0.25, 0.3) is 6.43 Å². The molecule has 0 aliphatic heterocycles. The highest BCUT2D eigenvalue weighted by Gasteiger charge is 2.16. The number of aliphatic hydroxyl groups excluding tert-OH is 1. The standard InChI is InChI=1S/C9H11BrF2N2O/c10-6-3-5(13)1-2-7(6)14-4-8(15)9(11)12/h1-3,8-9,14-15H,4,13H2. The second-order valence-corrected chi connectivity index (χ2v) is 3.88. The molecule has 1 aromatic carbocycles. The van der Waals surface area contributed by atoms with Crippen molar-refractivity contribution in [3.63, 3.8) is 0 Å². The summed E-state index contributed by atoms with van der Waals surface area (Å²) in [5.41, 5.74) is 6.69. The van der Waals surface area contributed by atoms with E-state index >= 15 is 0 Å². The highest BCUT2D eigenvalue weighted by molar-refractivity contribution is 9.10. The van der Waals surface area contributed by atoms with Gasteiger partial charge in [-0.25, -0.2) is 8.78 Å². The van der Waals surface area contributed by atoms with Gasteiger partial charge in [0.15, 0.2) is 0 Å². The first kappa shape index (κ1) is 12.2. The maximum absolute atomic E-state index is 12.0. The van der Waals surface area contributed by atoms with Crippen LogP contribution in [0, 0.1) is 0 Å². The highest BCUT2D eigenvalue weighted by Crippen LogP contribution is 2.24. The van der Waals surface area contributed by atoms with Crippen molar-refractivity contribution in [3.05, 3.63) is 22.7 Å². The molecule has 0 aliphatic carbocycles. The van der Waals surface area contributed by atoms with E-state index in [0.717, 1.165) is 0 Å². The first-order chi connectivity index (χ1) is 7.00. The Morgan fingerprint density at radius 2 is 2.13 bits per heavy atom. The lowest BCUT2D eigenvalue weighted by Crippen LogP contribution is -2.26. The van der Waals surface area contributed by atoms with Gasteiger partial charge in [0.1, 0.15) is 6.10 Å². The van der Waals surface area contributed by atoms with Gasteiger partial charge in [0.05, 0.1) is 0 Å². The monoisotopic (exact) mass is 280 g/mol. The van der Waals surface area contributed by atoms with Crippen molar-refractivity contribution >= 4 is 27.3 Å². The Balaban J connectivity index is 2.58. The van der Waals surface area contributed by atoms with Crippen molar-refractivity contribution < 1.29 is 13.9 Å². The normalized spacial score (nSPS) is 12.9. The Morgan fingerprint density at radius 1 is 1.47 bits per heavy atom. The first-order valence-corrected chi connectivity index (χ1v) is 5.05. The molecule has 1 atom stereocenters. The second-order valence-electron chi connectivity index (χ2n) is 3.02. The number of halogens is 3. The molecule has 0 saturated heterocycles. The van der Waals surface area contributed by atoms with Gasteiger partial charge in [-0.05, 0) is 34.1 Å².